The Balaban J connectivity index is 1.54. The second kappa shape index (κ2) is 12.1. The lowest BCUT2D eigenvalue weighted by atomic mass is 9.99. The third-order valence-corrected chi connectivity index (χ3v) is 8.31. The van der Waals surface area contributed by atoms with Crippen LogP contribution in [0.1, 0.15) is 37.3 Å². The van der Waals surface area contributed by atoms with E-state index >= 15 is 0 Å². The Morgan fingerprint density at radius 2 is 1.61 bits per heavy atom. The highest BCUT2D eigenvalue weighted by Gasteiger charge is 2.19. The van der Waals surface area contributed by atoms with Gasteiger partial charge in [-0.3, -0.25) is 5.10 Å². The zero-order valence-corrected chi connectivity index (χ0v) is 22.4. The standard InChI is InChI=1S/C28H29Cl2N3O2S/c1-2-3-5-8-20-11-14-23(15-12-20)36(34,35)31-18-17-24-27(21-9-6-4-7-10-21)32-33-28(24)22-13-16-25(29)26(30)19-22/h4,6-7,9-16,19,31H,2-3,5,8,17-18H2,1H3,(H,32,33). The topological polar surface area (TPSA) is 74.8 Å². The summed E-state index contributed by atoms with van der Waals surface area (Å²) >= 11 is 12.4. The lowest BCUT2D eigenvalue weighted by Crippen LogP contribution is -2.26. The predicted molar refractivity (Wildman–Crippen MR) is 148 cm³/mol. The number of hydrogen-bond donors (Lipinski definition) is 2. The Labute approximate surface area is 222 Å². The molecule has 8 heteroatoms. The number of nitrogens with zero attached hydrogens (tertiary/aromatic N) is 1. The Hall–Kier alpha value is -2.64. The van der Waals surface area contributed by atoms with Crippen LogP contribution in [0.2, 0.25) is 10.0 Å². The van der Waals surface area contributed by atoms with Crippen molar-refractivity contribution in [3.63, 3.8) is 0 Å². The average Bonchev–Trinajstić information content (AvgIpc) is 3.30. The van der Waals surface area contributed by atoms with Crippen molar-refractivity contribution in [3.05, 3.63) is 94.0 Å². The fraction of sp³-hybridized carbons (Fsp3) is 0.250. The molecule has 5 nitrogen and oxygen atoms in total. The Kier molecular flexibility index (Phi) is 8.86. The summed E-state index contributed by atoms with van der Waals surface area (Å²) in [5.41, 5.74) is 5.37. The van der Waals surface area contributed by atoms with Crippen molar-refractivity contribution in [3.8, 4) is 22.5 Å². The number of aromatic nitrogens is 2. The van der Waals surface area contributed by atoms with Gasteiger partial charge in [0.05, 0.1) is 26.3 Å². The number of rotatable bonds is 11. The molecule has 0 aliphatic rings. The van der Waals surface area contributed by atoms with Crippen molar-refractivity contribution < 1.29 is 8.42 Å². The number of halogens is 2. The van der Waals surface area contributed by atoms with Crippen LogP contribution in [0.25, 0.3) is 22.5 Å². The monoisotopic (exact) mass is 541 g/mol. The molecular weight excluding hydrogens is 513 g/mol. The number of sulfonamides is 1. The van der Waals surface area contributed by atoms with Gasteiger partial charge in [-0.05, 0) is 54.7 Å². The number of unbranched alkanes of at least 4 members (excludes halogenated alkanes) is 2. The van der Waals surface area contributed by atoms with Crippen LogP contribution < -0.4 is 4.72 Å². The van der Waals surface area contributed by atoms with Gasteiger partial charge in [0.1, 0.15) is 0 Å². The van der Waals surface area contributed by atoms with Crippen molar-refractivity contribution in [2.75, 3.05) is 6.54 Å². The second-order valence-electron chi connectivity index (χ2n) is 8.67. The third-order valence-electron chi connectivity index (χ3n) is 6.09. The molecule has 188 valence electrons. The van der Waals surface area contributed by atoms with Crippen molar-refractivity contribution >= 4 is 33.2 Å². The quantitative estimate of drug-likeness (QED) is 0.195. The smallest absolute Gasteiger partial charge is 0.240 e. The van der Waals surface area contributed by atoms with E-state index in [0.717, 1.165) is 47.2 Å². The maximum atomic E-state index is 13.0. The van der Waals surface area contributed by atoms with Gasteiger partial charge < -0.3 is 0 Å². The van der Waals surface area contributed by atoms with Gasteiger partial charge in [-0.1, -0.05) is 91.5 Å². The molecule has 0 aliphatic carbocycles. The van der Waals surface area contributed by atoms with Gasteiger partial charge in [-0.15, -0.1) is 0 Å². The van der Waals surface area contributed by atoms with Crippen molar-refractivity contribution in [1.82, 2.24) is 14.9 Å². The van der Waals surface area contributed by atoms with E-state index in [0.29, 0.717) is 22.2 Å². The average molecular weight is 543 g/mol. The SMILES string of the molecule is CCCCCc1ccc(S(=O)(=O)NCCc2c(-c3ccc(Cl)c(Cl)c3)n[nH]c2-c2ccccc2)cc1. The van der Waals surface area contributed by atoms with Crippen molar-refractivity contribution in [2.24, 2.45) is 0 Å². The number of nitrogens with one attached hydrogen (secondary N) is 2. The molecule has 3 aromatic carbocycles. The number of H-pyrrole nitrogens is 1. The molecule has 0 fully saturated rings. The van der Waals surface area contributed by atoms with Gasteiger partial charge >= 0.3 is 0 Å². The summed E-state index contributed by atoms with van der Waals surface area (Å²) in [7, 11) is -3.64. The maximum absolute atomic E-state index is 13.0. The fourth-order valence-corrected chi connectivity index (χ4v) is 5.47. The molecule has 0 saturated heterocycles. The first-order chi connectivity index (χ1) is 17.4. The van der Waals surface area contributed by atoms with Crippen LogP contribution in [0.4, 0.5) is 0 Å². The summed E-state index contributed by atoms with van der Waals surface area (Å²) in [5, 5.41) is 8.57. The summed E-state index contributed by atoms with van der Waals surface area (Å²) in [6.45, 7) is 2.38. The van der Waals surface area contributed by atoms with Crippen LogP contribution in [0.15, 0.2) is 77.7 Å². The Bertz CT molecular complexity index is 1400. The highest BCUT2D eigenvalue weighted by molar-refractivity contribution is 7.89. The minimum atomic E-state index is -3.64. The molecule has 0 saturated carbocycles. The Morgan fingerprint density at radius 1 is 0.861 bits per heavy atom. The normalized spacial score (nSPS) is 11.6. The minimum Gasteiger partial charge on any atom is -0.277 e. The van der Waals surface area contributed by atoms with Crippen LogP contribution in [-0.2, 0) is 22.9 Å². The molecule has 2 N–H and O–H groups in total. The number of aryl methyl sites for hydroxylation is 1. The van der Waals surface area contributed by atoms with E-state index in [1.807, 2.05) is 48.5 Å². The van der Waals surface area contributed by atoms with E-state index in [1.165, 1.54) is 6.42 Å². The number of aromatic amines is 1. The van der Waals surface area contributed by atoms with Crippen molar-refractivity contribution in [2.45, 2.75) is 43.9 Å². The van der Waals surface area contributed by atoms with Gasteiger partial charge in [-0.25, -0.2) is 13.1 Å². The van der Waals surface area contributed by atoms with Crippen LogP contribution in [-0.4, -0.2) is 25.2 Å². The molecule has 0 atom stereocenters. The number of hydrogen-bond acceptors (Lipinski definition) is 3. The van der Waals surface area contributed by atoms with E-state index in [-0.39, 0.29) is 11.4 Å². The predicted octanol–water partition coefficient (Wildman–Crippen LogP) is 7.30. The molecule has 0 spiro atoms. The van der Waals surface area contributed by atoms with Gasteiger partial charge in [0.15, 0.2) is 0 Å². The highest BCUT2D eigenvalue weighted by atomic mass is 35.5. The molecule has 1 aromatic heterocycles. The molecule has 36 heavy (non-hydrogen) atoms. The van der Waals surface area contributed by atoms with Crippen LogP contribution in [0.5, 0.6) is 0 Å². The third kappa shape index (κ3) is 6.37. The zero-order chi connectivity index (χ0) is 25.5. The van der Waals surface area contributed by atoms with E-state index in [2.05, 4.69) is 21.8 Å². The molecular formula is C28H29Cl2N3O2S. The molecule has 0 radical (unpaired) electrons. The largest absolute Gasteiger partial charge is 0.277 e. The summed E-state index contributed by atoms with van der Waals surface area (Å²) in [6.07, 6.45) is 4.83. The molecule has 0 bridgehead atoms. The van der Waals surface area contributed by atoms with E-state index < -0.39 is 10.0 Å². The molecule has 0 aliphatic heterocycles. The fourth-order valence-electron chi connectivity index (χ4n) is 4.14. The molecule has 0 amide bonds. The molecule has 4 aromatic rings. The Morgan fingerprint density at radius 3 is 2.31 bits per heavy atom. The summed E-state index contributed by atoms with van der Waals surface area (Å²) < 4.78 is 28.7. The van der Waals surface area contributed by atoms with Crippen LogP contribution in [0.3, 0.4) is 0 Å². The van der Waals surface area contributed by atoms with E-state index in [9.17, 15) is 8.42 Å². The summed E-state index contributed by atoms with van der Waals surface area (Å²) in [5.74, 6) is 0. The minimum absolute atomic E-state index is 0.217. The summed E-state index contributed by atoms with van der Waals surface area (Å²) in [6, 6.07) is 22.3. The maximum Gasteiger partial charge on any atom is 0.240 e. The second-order valence-corrected chi connectivity index (χ2v) is 11.3. The highest BCUT2D eigenvalue weighted by Crippen LogP contribution is 2.33. The first-order valence-electron chi connectivity index (χ1n) is 12.1. The first kappa shape index (κ1) is 26.4. The molecule has 0 unspecified atom stereocenters. The lowest BCUT2D eigenvalue weighted by molar-refractivity contribution is 0.581. The van der Waals surface area contributed by atoms with Crippen LogP contribution in [0, 0.1) is 0 Å². The van der Waals surface area contributed by atoms with E-state index in [1.54, 1.807) is 24.3 Å². The van der Waals surface area contributed by atoms with Crippen LogP contribution >= 0.6 is 23.2 Å². The lowest BCUT2D eigenvalue weighted by Gasteiger charge is -2.10. The molecule has 4 rings (SSSR count). The van der Waals surface area contributed by atoms with Crippen molar-refractivity contribution in [1.29, 1.82) is 0 Å². The number of benzene rings is 3. The molecule has 1 heterocycles. The zero-order valence-electron chi connectivity index (χ0n) is 20.1. The first-order valence-corrected chi connectivity index (χ1v) is 14.3. The van der Waals surface area contributed by atoms with Gasteiger partial charge in [0, 0.05) is 17.7 Å². The van der Waals surface area contributed by atoms with Gasteiger partial charge in [-0.2, -0.15) is 5.10 Å². The van der Waals surface area contributed by atoms with Gasteiger partial charge in [0.25, 0.3) is 0 Å². The van der Waals surface area contributed by atoms with Gasteiger partial charge in [0.2, 0.25) is 10.0 Å². The van der Waals surface area contributed by atoms with E-state index in [4.69, 9.17) is 23.2 Å². The summed E-state index contributed by atoms with van der Waals surface area (Å²) in [4.78, 5) is 0.266.